The number of hydrogen-bond acceptors (Lipinski definition) is 6. The first-order valence-electron chi connectivity index (χ1n) is 5.72. The Morgan fingerprint density at radius 2 is 2.09 bits per heavy atom. The van der Waals surface area contributed by atoms with Crippen LogP contribution >= 0.6 is 0 Å². The van der Waals surface area contributed by atoms with Crippen LogP contribution in [0.15, 0.2) is 24.3 Å². The Balaban J connectivity index is 0.00000441. The van der Waals surface area contributed by atoms with Gasteiger partial charge in [0.2, 0.25) is 0 Å². The van der Waals surface area contributed by atoms with Crippen LogP contribution in [0.4, 0.5) is 10.5 Å². The Kier molecular flexibility index (Phi) is 7.27. The van der Waals surface area contributed by atoms with Crippen molar-refractivity contribution in [1.29, 1.82) is 0 Å². The Hall–Kier alpha value is -4.08. The van der Waals surface area contributed by atoms with E-state index >= 15 is 0 Å². The van der Waals surface area contributed by atoms with Crippen LogP contribution in [0.5, 0.6) is 5.75 Å². The molecule has 1 unspecified atom stereocenters. The molecular weight excluding hydrogens is 537 g/mol. The molecule has 1 aromatic rings. The Bertz CT molecular complexity index is 555. The number of nitrogens with zero attached hydrogens (tertiary/aromatic N) is 1. The van der Waals surface area contributed by atoms with Crippen LogP contribution in [0.1, 0.15) is 6.42 Å². The summed E-state index contributed by atoms with van der Waals surface area (Å²) in [5, 5.41) is 12.7. The summed E-state index contributed by atoms with van der Waals surface area (Å²) >= 11 is 0. The molecule has 0 aliphatic carbocycles. The smallest absolute Gasteiger partial charge is 0.513 e. The van der Waals surface area contributed by atoms with Crippen molar-refractivity contribution in [3.05, 3.63) is 34.4 Å². The van der Waals surface area contributed by atoms with E-state index in [1.165, 1.54) is 30.7 Å². The minimum atomic E-state index is -1.02. The van der Waals surface area contributed by atoms with E-state index in [0.717, 1.165) is 0 Å². The number of hydrogen-bond donors (Lipinski definition) is 1. The van der Waals surface area contributed by atoms with Gasteiger partial charge in [0.15, 0.2) is 0 Å². The number of rotatable bonds is 7. The summed E-state index contributed by atoms with van der Waals surface area (Å²) in [4.78, 5) is 31.4. The molecule has 8 nitrogen and oxygen atoms in total. The summed E-state index contributed by atoms with van der Waals surface area (Å²) in [7, 11) is 0. The first-order chi connectivity index (χ1) is 10.1. The maximum atomic E-state index is 11.4. The first-order valence-corrected chi connectivity index (χ1v) is 5.72. The minimum Gasteiger partial charge on any atom is -0.524 e. The van der Waals surface area contributed by atoms with Crippen molar-refractivity contribution in [3.63, 3.8) is 0 Å². The molecule has 0 saturated carbocycles. The minimum absolute atomic E-state index is 0. The molecule has 1 aromatic carbocycles. The van der Waals surface area contributed by atoms with E-state index in [0.29, 0.717) is 0 Å². The fourth-order valence-corrected chi connectivity index (χ4v) is 1.31. The predicted molar refractivity (Wildman–Crippen MR) is 71.1 cm³/mol. The summed E-state index contributed by atoms with van der Waals surface area (Å²) in [5.41, 5.74) is -0.129. The summed E-state index contributed by atoms with van der Waals surface area (Å²) in [5.74, 6) is 2.40. The van der Waals surface area contributed by atoms with Crippen molar-refractivity contribution >= 4 is 18.3 Å². The molecule has 1 amide bonds. The van der Waals surface area contributed by atoms with Gasteiger partial charge in [-0.15, -0.1) is 12.3 Å². The molecule has 0 aliphatic heterocycles. The number of terminal acetylenes is 1. The molecule has 1 rings (SSSR count). The number of carbonyl (C=O) groups is 1. The molecule has 0 aliphatic rings. The van der Waals surface area contributed by atoms with E-state index in [9.17, 15) is 19.7 Å². The number of benzene rings is 1. The molecule has 9 heteroatoms. The molecule has 0 fully saturated rings. The van der Waals surface area contributed by atoms with Gasteiger partial charge in [-0.3, -0.25) is 10.1 Å². The number of amides is 1. The quantitative estimate of drug-likeness (QED) is 0.104. The molecule has 1 atom stereocenters. The van der Waals surface area contributed by atoms with Crippen molar-refractivity contribution in [1.82, 2.24) is 5.32 Å². The second-order valence-corrected chi connectivity index (χ2v) is 3.77. The van der Waals surface area contributed by atoms with Gasteiger partial charge in [-0.2, -0.15) is 6.41 Å². The molecule has 122 valence electrons. The Labute approximate surface area is 120 Å². The SMILES string of the molecule is C#CCC(COC(=O)Oc1ccc([N+](=O)[O-])cc1)N[C-]=O.[Fm]. The summed E-state index contributed by atoms with van der Waals surface area (Å²) in [6.07, 6.45) is 5.68. The average molecular weight is 548 g/mol. The third-order valence-electron chi connectivity index (χ3n) is 2.28. The second-order valence-electron chi connectivity index (χ2n) is 3.77. The number of nitro benzene ring substituents is 1. The van der Waals surface area contributed by atoms with Gasteiger partial charge < -0.3 is 19.6 Å². The van der Waals surface area contributed by atoms with E-state index in [4.69, 9.17) is 15.9 Å². The molecular formula is C13H11FmN2O6-. The van der Waals surface area contributed by atoms with Gasteiger partial charge in [-0.05, 0) is 12.1 Å². The third kappa shape index (κ3) is 5.71. The van der Waals surface area contributed by atoms with Crippen molar-refractivity contribution in [2.45, 2.75) is 12.5 Å². The zero-order chi connectivity index (χ0) is 15.7. The molecule has 0 heterocycles. The third-order valence-corrected chi connectivity index (χ3v) is 2.28. The standard InChI is InChI=1S/C13H11N2O6.Fm/c1-2-3-10(14-9-16)8-20-13(17)21-12-6-4-11(5-7-12)15(18)19;/h1,4-7,10H,3,8H2,(H,14,16);/q-1;. The van der Waals surface area contributed by atoms with Crippen molar-refractivity contribution < 1.29 is 24.0 Å². The average Bonchev–Trinajstić information content (AvgIpc) is 2.46. The van der Waals surface area contributed by atoms with Gasteiger partial charge in [0.25, 0.3) is 5.69 Å². The zero-order valence-corrected chi connectivity index (χ0v) is 13.5. The monoisotopic (exact) mass is 548 g/mol. The van der Waals surface area contributed by atoms with Gasteiger partial charge >= 0.3 is 6.16 Å². The predicted octanol–water partition coefficient (Wildman–Crippen LogP) is 1.16. The van der Waals surface area contributed by atoms with E-state index in [-0.39, 0.29) is 24.5 Å². The topological polar surface area (TPSA) is 108 Å². The largest absolute Gasteiger partial charge is 0.524 e. The van der Waals surface area contributed by atoms with Crippen LogP contribution < -0.4 is 10.1 Å². The fraction of sp³-hybridized carbons (Fsp3) is 0.231. The van der Waals surface area contributed by atoms with Gasteiger partial charge in [-0.1, -0.05) is 0 Å². The molecule has 0 spiro atoms. The van der Waals surface area contributed by atoms with Gasteiger partial charge in [0.1, 0.15) is 12.4 Å². The van der Waals surface area contributed by atoms with Gasteiger partial charge in [-0.25, -0.2) is 4.79 Å². The van der Waals surface area contributed by atoms with E-state index < -0.39 is 17.1 Å². The first kappa shape index (κ1) is 17.9. The number of nitro groups is 1. The second kappa shape index (κ2) is 8.92. The number of non-ortho nitro benzene ring substituents is 1. The molecule has 0 saturated heterocycles. The van der Waals surface area contributed by atoms with E-state index in [1.54, 1.807) is 0 Å². The number of ether oxygens (including phenoxy) is 2. The van der Waals surface area contributed by atoms with Gasteiger partial charge in [0.05, 0.1) is 4.92 Å². The molecule has 22 heavy (non-hydrogen) atoms. The normalized spacial score (nSPS) is 10.3. The van der Waals surface area contributed by atoms with Gasteiger partial charge in [0, 0.05) is 24.6 Å². The van der Waals surface area contributed by atoms with Crippen LogP contribution in [-0.4, -0.2) is 30.1 Å². The van der Waals surface area contributed by atoms with Crippen molar-refractivity contribution in [2.75, 3.05) is 6.61 Å². The molecule has 1 N–H and O–H groups in total. The Morgan fingerprint density at radius 1 is 1.45 bits per heavy atom. The molecule has 0 radical (unpaired) electrons. The van der Waals surface area contributed by atoms with Crippen molar-refractivity contribution in [2.24, 2.45) is 0 Å². The van der Waals surface area contributed by atoms with Crippen LogP contribution in [-0.2, 0) is 9.53 Å². The Morgan fingerprint density at radius 3 is 2.59 bits per heavy atom. The number of nitrogens with one attached hydrogen (secondary N) is 1. The van der Waals surface area contributed by atoms with E-state index in [1.807, 2.05) is 0 Å². The zero-order valence-electron chi connectivity index (χ0n) is 11.1. The van der Waals surface area contributed by atoms with Crippen molar-refractivity contribution in [3.8, 4) is 18.1 Å². The fourth-order valence-electron chi connectivity index (χ4n) is 1.31. The van der Waals surface area contributed by atoms with Crippen LogP contribution in [0.2, 0.25) is 0 Å². The van der Waals surface area contributed by atoms with E-state index in [2.05, 4.69) is 11.2 Å². The van der Waals surface area contributed by atoms with Crippen LogP contribution in [0, 0.1) is 22.5 Å². The maximum Gasteiger partial charge on any atom is 0.513 e. The maximum absolute atomic E-state index is 11.4. The summed E-state index contributed by atoms with van der Waals surface area (Å²) in [6, 6.07) is 4.34. The number of carbonyl (C=O) groups excluding carboxylic acids is 2. The van der Waals surface area contributed by atoms with Crippen LogP contribution in [0.3, 0.4) is 0 Å². The van der Waals surface area contributed by atoms with Crippen LogP contribution in [0.25, 0.3) is 0 Å². The summed E-state index contributed by atoms with van der Waals surface area (Å²) < 4.78 is 9.55. The molecule has 0 bridgehead atoms. The molecule has 0 aromatic heterocycles. The summed E-state index contributed by atoms with van der Waals surface area (Å²) in [6.45, 7) is -0.175.